The summed E-state index contributed by atoms with van der Waals surface area (Å²) in [6.07, 6.45) is 0.691. The molecule has 0 heterocycles. The molecule has 0 aliphatic heterocycles. The lowest BCUT2D eigenvalue weighted by Crippen LogP contribution is -2.13. The minimum Gasteiger partial charge on any atom is -0.493 e. The van der Waals surface area contributed by atoms with Crippen LogP contribution >= 0.6 is 15.9 Å². The number of rotatable bonds is 7. The van der Waals surface area contributed by atoms with E-state index in [2.05, 4.69) is 21.2 Å². The molecule has 0 aliphatic carbocycles. The molecule has 0 unspecified atom stereocenters. The number of benzene rings is 2. The minimum absolute atomic E-state index is 0.0615. The third-order valence-electron chi connectivity index (χ3n) is 3.88. The Labute approximate surface area is 159 Å². The average molecular weight is 423 g/mol. The monoisotopic (exact) mass is 422 g/mol. The molecule has 0 saturated carbocycles. The number of hydrogen-bond acceptors (Lipinski definition) is 5. The number of ether oxygens (including phenoxy) is 2. The molecule has 0 saturated heterocycles. The molecule has 0 aromatic heterocycles. The zero-order chi connectivity index (χ0) is 19.3. The first kappa shape index (κ1) is 19.7. The minimum atomic E-state index is -0.490. The van der Waals surface area contributed by atoms with Gasteiger partial charge in [-0.25, -0.2) is 0 Å². The first-order chi connectivity index (χ1) is 12.3. The van der Waals surface area contributed by atoms with E-state index in [-0.39, 0.29) is 18.0 Å². The number of methoxy groups -OCH3 is 2. The van der Waals surface area contributed by atoms with Crippen LogP contribution in [0.5, 0.6) is 11.5 Å². The first-order valence-electron chi connectivity index (χ1n) is 7.81. The van der Waals surface area contributed by atoms with E-state index in [1.54, 1.807) is 33.3 Å². The third kappa shape index (κ3) is 4.72. The van der Waals surface area contributed by atoms with Crippen molar-refractivity contribution >= 4 is 33.2 Å². The number of nitrogens with one attached hydrogen (secondary N) is 1. The van der Waals surface area contributed by atoms with Gasteiger partial charge in [0.25, 0.3) is 5.69 Å². The van der Waals surface area contributed by atoms with Crippen LogP contribution in [0.1, 0.15) is 17.5 Å². The van der Waals surface area contributed by atoms with Crippen LogP contribution in [-0.4, -0.2) is 25.1 Å². The van der Waals surface area contributed by atoms with Gasteiger partial charge >= 0.3 is 0 Å². The van der Waals surface area contributed by atoms with Gasteiger partial charge in [0.15, 0.2) is 11.5 Å². The van der Waals surface area contributed by atoms with Crippen LogP contribution in [0.3, 0.4) is 0 Å². The molecule has 138 valence electrons. The van der Waals surface area contributed by atoms with Gasteiger partial charge in [-0.2, -0.15) is 0 Å². The number of halogens is 1. The molecule has 26 heavy (non-hydrogen) atoms. The van der Waals surface area contributed by atoms with E-state index in [0.717, 1.165) is 15.6 Å². The molecule has 8 heteroatoms. The van der Waals surface area contributed by atoms with Crippen molar-refractivity contribution in [2.75, 3.05) is 19.5 Å². The van der Waals surface area contributed by atoms with E-state index in [9.17, 15) is 14.9 Å². The van der Waals surface area contributed by atoms with Crippen LogP contribution in [-0.2, 0) is 11.2 Å². The van der Waals surface area contributed by atoms with Crippen molar-refractivity contribution in [1.29, 1.82) is 0 Å². The summed E-state index contributed by atoms with van der Waals surface area (Å²) < 4.78 is 11.3. The summed E-state index contributed by atoms with van der Waals surface area (Å²) >= 11 is 3.46. The predicted molar refractivity (Wildman–Crippen MR) is 102 cm³/mol. The molecule has 0 atom stereocenters. The van der Waals surface area contributed by atoms with E-state index in [1.165, 1.54) is 12.1 Å². The van der Waals surface area contributed by atoms with E-state index >= 15 is 0 Å². The Morgan fingerprint density at radius 3 is 2.46 bits per heavy atom. The summed E-state index contributed by atoms with van der Waals surface area (Å²) in [7, 11) is 3.10. The van der Waals surface area contributed by atoms with E-state index < -0.39 is 4.92 Å². The van der Waals surface area contributed by atoms with Crippen LogP contribution < -0.4 is 14.8 Å². The summed E-state index contributed by atoms with van der Waals surface area (Å²) in [4.78, 5) is 22.6. The van der Waals surface area contributed by atoms with Crippen molar-refractivity contribution in [3.8, 4) is 11.5 Å². The van der Waals surface area contributed by atoms with Crippen LogP contribution in [0, 0.1) is 17.0 Å². The number of nitro benzene ring substituents is 1. The number of nitrogens with zero attached hydrogens (tertiary/aromatic N) is 1. The molecular formula is C18H19BrN2O5. The second-order valence-electron chi connectivity index (χ2n) is 5.60. The molecule has 0 spiro atoms. The van der Waals surface area contributed by atoms with Crippen LogP contribution in [0.25, 0.3) is 0 Å². The molecule has 0 radical (unpaired) electrons. The maximum Gasteiger partial charge on any atom is 0.271 e. The van der Waals surface area contributed by atoms with Gasteiger partial charge in [0.05, 0.1) is 24.8 Å². The highest BCUT2D eigenvalue weighted by Crippen LogP contribution is 2.34. The Hall–Kier alpha value is -2.61. The molecule has 2 aromatic carbocycles. The fourth-order valence-corrected chi connectivity index (χ4v) is 2.93. The van der Waals surface area contributed by atoms with E-state index in [0.29, 0.717) is 23.6 Å². The summed E-state index contributed by atoms with van der Waals surface area (Å²) in [6.45, 7) is 1.78. The number of non-ortho nitro benzene ring substituents is 1. The second-order valence-corrected chi connectivity index (χ2v) is 6.46. The lowest BCUT2D eigenvalue weighted by molar-refractivity contribution is -0.384. The number of carbonyl (C=O) groups is 1. The maximum absolute atomic E-state index is 12.3. The molecule has 1 N–H and O–H groups in total. The summed E-state index contributed by atoms with van der Waals surface area (Å²) in [5, 5.41) is 13.6. The summed E-state index contributed by atoms with van der Waals surface area (Å²) in [6, 6.07) is 7.98. The smallest absolute Gasteiger partial charge is 0.271 e. The largest absolute Gasteiger partial charge is 0.493 e. The van der Waals surface area contributed by atoms with Crippen molar-refractivity contribution in [2.24, 2.45) is 0 Å². The quantitative estimate of drug-likeness (QED) is 0.531. The molecule has 0 aliphatic rings. The summed E-state index contributed by atoms with van der Waals surface area (Å²) in [5.74, 6) is 0.954. The van der Waals surface area contributed by atoms with E-state index in [1.807, 2.05) is 6.07 Å². The topological polar surface area (TPSA) is 90.7 Å². The van der Waals surface area contributed by atoms with Crippen LogP contribution in [0.4, 0.5) is 11.4 Å². The first-order valence-corrected chi connectivity index (χ1v) is 8.60. The number of nitro groups is 1. The van der Waals surface area contributed by atoms with Gasteiger partial charge in [-0.15, -0.1) is 0 Å². The highest BCUT2D eigenvalue weighted by Gasteiger charge is 2.13. The molecule has 2 rings (SSSR count). The Morgan fingerprint density at radius 1 is 1.19 bits per heavy atom. The van der Waals surface area contributed by atoms with Gasteiger partial charge in [-0.05, 0) is 36.6 Å². The fraction of sp³-hybridized carbons (Fsp3) is 0.278. The molecule has 0 bridgehead atoms. The summed E-state index contributed by atoms with van der Waals surface area (Å²) in [5.41, 5.74) is 2.04. The Bertz CT molecular complexity index is 839. The fourth-order valence-electron chi connectivity index (χ4n) is 2.41. The van der Waals surface area contributed by atoms with Crippen molar-refractivity contribution in [1.82, 2.24) is 0 Å². The van der Waals surface area contributed by atoms with Crippen LogP contribution in [0.2, 0.25) is 0 Å². The number of amides is 1. The van der Waals surface area contributed by atoms with Crippen LogP contribution in [0.15, 0.2) is 34.8 Å². The number of aryl methyl sites for hydroxylation is 2. The Balaban J connectivity index is 2.08. The average Bonchev–Trinajstić information content (AvgIpc) is 2.61. The second kappa shape index (κ2) is 8.66. The number of carbonyl (C=O) groups excluding carboxylic acids is 1. The van der Waals surface area contributed by atoms with Gasteiger partial charge in [0.2, 0.25) is 5.91 Å². The highest BCUT2D eigenvalue weighted by molar-refractivity contribution is 9.10. The third-order valence-corrected chi connectivity index (χ3v) is 4.62. The van der Waals surface area contributed by atoms with E-state index in [4.69, 9.17) is 9.47 Å². The Kier molecular flexibility index (Phi) is 6.57. The zero-order valence-electron chi connectivity index (χ0n) is 14.7. The van der Waals surface area contributed by atoms with Crippen molar-refractivity contribution < 1.29 is 19.2 Å². The number of anilines is 1. The SMILES string of the molecule is COc1cc(Br)c(CCC(=O)Nc2cc([N+](=O)[O-])ccc2C)cc1OC. The Morgan fingerprint density at radius 2 is 1.85 bits per heavy atom. The van der Waals surface area contributed by atoms with Gasteiger partial charge in [-0.3, -0.25) is 14.9 Å². The van der Waals surface area contributed by atoms with Gasteiger partial charge in [-0.1, -0.05) is 22.0 Å². The van der Waals surface area contributed by atoms with Crippen molar-refractivity contribution in [3.05, 3.63) is 56.0 Å². The van der Waals surface area contributed by atoms with Crippen molar-refractivity contribution in [2.45, 2.75) is 19.8 Å². The van der Waals surface area contributed by atoms with Gasteiger partial charge < -0.3 is 14.8 Å². The lowest BCUT2D eigenvalue weighted by atomic mass is 10.1. The molecule has 2 aromatic rings. The standard InChI is InChI=1S/C18H19BrN2O5/c1-11-4-6-13(21(23)24)9-15(11)20-18(22)7-5-12-8-16(25-2)17(26-3)10-14(12)19/h4,6,8-10H,5,7H2,1-3H3,(H,20,22). The lowest BCUT2D eigenvalue weighted by Gasteiger charge is -2.12. The molecule has 7 nitrogen and oxygen atoms in total. The maximum atomic E-state index is 12.3. The highest BCUT2D eigenvalue weighted by atomic mass is 79.9. The molecule has 1 amide bonds. The van der Waals surface area contributed by atoms with Crippen molar-refractivity contribution in [3.63, 3.8) is 0 Å². The zero-order valence-corrected chi connectivity index (χ0v) is 16.3. The number of hydrogen-bond donors (Lipinski definition) is 1. The molecule has 0 fully saturated rings. The molecular weight excluding hydrogens is 404 g/mol. The van der Waals surface area contributed by atoms with Gasteiger partial charge in [0, 0.05) is 23.0 Å². The predicted octanol–water partition coefficient (Wildman–Crippen LogP) is 4.25. The van der Waals surface area contributed by atoms with Gasteiger partial charge in [0.1, 0.15) is 0 Å². The normalized spacial score (nSPS) is 10.3.